The average molecular weight is 342 g/mol. The molecule has 0 radical (unpaired) electrons. The van der Waals surface area contributed by atoms with Crippen LogP contribution in [0.5, 0.6) is 0 Å². The van der Waals surface area contributed by atoms with Crippen molar-refractivity contribution in [3.05, 3.63) is 74.3 Å². The zero-order chi connectivity index (χ0) is 17.7. The molecule has 0 aliphatic rings. The molecule has 0 bridgehead atoms. The van der Waals surface area contributed by atoms with E-state index in [-0.39, 0.29) is 22.0 Å². The fourth-order valence-electron chi connectivity index (χ4n) is 1.93. The molecule has 0 aromatic heterocycles. The Morgan fingerprint density at radius 2 is 1.96 bits per heavy atom. The third-order valence-corrected chi connectivity index (χ3v) is 3.39. The van der Waals surface area contributed by atoms with E-state index in [9.17, 15) is 20.2 Å². The molecule has 1 amide bonds. The first kappa shape index (κ1) is 17.2. The van der Waals surface area contributed by atoms with Gasteiger partial charge in [-0.25, -0.2) is 0 Å². The fraction of sp³-hybridized carbons (Fsp3) is 0.0588. The Kier molecular flexibility index (Phi) is 5.30. The highest BCUT2D eigenvalue weighted by Gasteiger charge is 2.18. The van der Waals surface area contributed by atoms with E-state index < -0.39 is 10.8 Å². The second-order valence-electron chi connectivity index (χ2n) is 4.95. The first-order chi connectivity index (χ1) is 11.4. The zero-order valence-corrected chi connectivity index (χ0v) is 13.4. The Morgan fingerprint density at radius 1 is 1.29 bits per heavy atom. The summed E-state index contributed by atoms with van der Waals surface area (Å²) >= 11 is 5.73. The molecule has 0 aliphatic heterocycles. The van der Waals surface area contributed by atoms with Gasteiger partial charge in [0.2, 0.25) is 0 Å². The lowest BCUT2D eigenvalue weighted by molar-refractivity contribution is -0.383. The topological polar surface area (TPSA) is 96.0 Å². The maximum absolute atomic E-state index is 12.2. The van der Waals surface area contributed by atoms with Gasteiger partial charge in [0, 0.05) is 11.1 Å². The van der Waals surface area contributed by atoms with Crippen molar-refractivity contribution in [2.24, 2.45) is 0 Å². The number of nitro benzene ring substituents is 1. The number of amides is 1. The SMILES string of the molecule is Cc1ccc(/C=C(\C#N)C(=O)Nc2ccc(Cl)cc2[N+](=O)[O-])cc1. The molecule has 120 valence electrons. The summed E-state index contributed by atoms with van der Waals surface area (Å²) in [5, 5.41) is 22.8. The summed E-state index contributed by atoms with van der Waals surface area (Å²) in [6.45, 7) is 1.92. The maximum Gasteiger partial charge on any atom is 0.294 e. The van der Waals surface area contributed by atoms with Crippen molar-refractivity contribution >= 4 is 35.0 Å². The second-order valence-corrected chi connectivity index (χ2v) is 5.39. The molecule has 6 nitrogen and oxygen atoms in total. The second kappa shape index (κ2) is 7.40. The van der Waals surface area contributed by atoms with Crippen molar-refractivity contribution in [1.29, 1.82) is 5.26 Å². The number of benzene rings is 2. The van der Waals surface area contributed by atoms with E-state index in [0.717, 1.165) is 11.6 Å². The van der Waals surface area contributed by atoms with Crippen LogP contribution in [0.2, 0.25) is 5.02 Å². The smallest absolute Gasteiger partial charge is 0.294 e. The van der Waals surface area contributed by atoms with Crippen LogP contribution in [0.15, 0.2) is 48.0 Å². The van der Waals surface area contributed by atoms with Crippen molar-refractivity contribution in [1.82, 2.24) is 0 Å². The molecule has 0 fully saturated rings. The van der Waals surface area contributed by atoms with Gasteiger partial charge >= 0.3 is 0 Å². The van der Waals surface area contributed by atoms with E-state index in [1.54, 1.807) is 18.2 Å². The first-order valence-electron chi connectivity index (χ1n) is 6.84. The normalized spacial score (nSPS) is 10.8. The third kappa shape index (κ3) is 4.18. The minimum Gasteiger partial charge on any atom is -0.316 e. The standard InChI is InChI=1S/C17H12ClN3O3/c1-11-2-4-12(5-3-11)8-13(10-19)17(22)20-15-7-6-14(18)9-16(15)21(23)24/h2-9H,1H3,(H,20,22)/b13-8+. The lowest BCUT2D eigenvalue weighted by atomic mass is 10.1. The molecule has 2 aromatic carbocycles. The Hall–Kier alpha value is -3.17. The minimum absolute atomic E-state index is 0.0283. The largest absolute Gasteiger partial charge is 0.316 e. The number of nitrogens with zero attached hydrogens (tertiary/aromatic N) is 2. The number of rotatable bonds is 4. The highest BCUT2D eigenvalue weighted by Crippen LogP contribution is 2.28. The molecule has 0 aliphatic carbocycles. The quantitative estimate of drug-likeness (QED) is 0.392. The Balaban J connectivity index is 2.29. The molecule has 2 aromatic rings. The summed E-state index contributed by atoms with van der Waals surface area (Å²) in [4.78, 5) is 22.6. The van der Waals surface area contributed by atoms with Crippen LogP contribution in [0, 0.1) is 28.4 Å². The zero-order valence-electron chi connectivity index (χ0n) is 12.6. The number of anilines is 1. The van der Waals surface area contributed by atoms with Crippen molar-refractivity contribution in [2.45, 2.75) is 6.92 Å². The van der Waals surface area contributed by atoms with Crippen LogP contribution < -0.4 is 5.32 Å². The van der Waals surface area contributed by atoms with Crippen LogP contribution in [-0.4, -0.2) is 10.8 Å². The van der Waals surface area contributed by atoms with Crippen LogP contribution in [0.4, 0.5) is 11.4 Å². The number of halogens is 1. The molecule has 0 spiro atoms. The number of nitrogens with one attached hydrogen (secondary N) is 1. The van der Waals surface area contributed by atoms with E-state index in [4.69, 9.17) is 11.6 Å². The van der Waals surface area contributed by atoms with Crippen molar-refractivity contribution in [2.75, 3.05) is 5.32 Å². The van der Waals surface area contributed by atoms with Gasteiger partial charge in [-0.05, 0) is 30.7 Å². The summed E-state index contributed by atoms with van der Waals surface area (Å²) in [6.07, 6.45) is 1.41. The number of aryl methyl sites for hydroxylation is 1. The summed E-state index contributed by atoms with van der Waals surface area (Å²) in [5.74, 6) is -0.733. The Morgan fingerprint density at radius 3 is 2.54 bits per heavy atom. The Bertz CT molecular complexity index is 868. The number of nitriles is 1. The summed E-state index contributed by atoms with van der Waals surface area (Å²) in [5.41, 5.74) is 1.19. The lowest BCUT2D eigenvalue weighted by Gasteiger charge is -2.06. The van der Waals surface area contributed by atoms with Gasteiger partial charge in [0.1, 0.15) is 17.3 Å². The van der Waals surface area contributed by atoms with Crippen LogP contribution in [-0.2, 0) is 4.79 Å². The highest BCUT2D eigenvalue weighted by atomic mass is 35.5. The van der Waals surface area contributed by atoms with Gasteiger partial charge in [0.25, 0.3) is 11.6 Å². The van der Waals surface area contributed by atoms with Crippen LogP contribution >= 0.6 is 11.6 Å². The predicted octanol–water partition coefficient (Wildman–Crippen LogP) is 4.10. The van der Waals surface area contributed by atoms with Crippen LogP contribution in [0.3, 0.4) is 0 Å². The van der Waals surface area contributed by atoms with Gasteiger partial charge in [-0.2, -0.15) is 5.26 Å². The van der Waals surface area contributed by atoms with E-state index in [0.29, 0.717) is 5.56 Å². The first-order valence-corrected chi connectivity index (χ1v) is 7.22. The van der Waals surface area contributed by atoms with Crippen LogP contribution in [0.1, 0.15) is 11.1 Å². The van der Waals surface area contributed by atoms with Gasteiger partial charge in [-0.3, -0.25) is 14.9 Å². The number of hydrogen-bond acceptors (Lipinski definition) is 4. The minimum atomic E-state index is -0.733. The summed E-state index contributed by atoms with van der Waals surface area (Å²) in [7, 11) is 0. The monoisotopic (exact) mass is 341 g/mol. The molecule has 0 heterocycles. The molecule has 24 heavy (non-hydrogen) atoms. The van der Waals surface area contributed by atoms with Crippen molar-refractivity contribution in [3.8, 4) is 6.07 Å². The summed E-state index contributed by atoms with van der Waals surface area (Å²) in [6, 6.07) is 12.9. The fourth-order valence-corrected chi connectivity index (χ4v) is 2.10. The lowest BCUT2D eigenvalue weighted by Crippen LogP contribution is -2.14. The van der Waals surface area contributed by atoms with Crippen LogP contribution in [0.25, 0.3) is 6.08 Å². The average Bonchev–Trinajstić information content (AvgIpc) is 2.55. The van der Waals surface area contributed by atoms with Gasteiger partial charge in [0.15, 0.2) is 0 Å². The van der Waals surface area contributed by atoms with Crippen molar-refractivity contribution in [3.63, 3.8) is 0 Å². The van der Waals surface area contributed by atoms with E-state index in [1.165, 1.54) is 18.2 Å². The van der Waals surface area contributed by atoms with E-state index in [2.05, 4.69) is 5.32 Å². The molecular formula is C17H12ClN3O3. The number of nitro groups is 1. The molecule has 2 rings (SSSR count). The third-order valence-electron chi connectivity index (χ3n) is 3.16. The molecule has 1 N–H and O–H groups in total. The number of carbonyl (C=O) groups is 1. The summed E-state index contributed by atoms with van der Waals surface area (Å²) < 4.78 is 0. The molecule has 0 atom stereocenters. The highest BCUT2D eigenvalue weighted by molar-refractivity contribution is 6.31. The molecule has 0 saturated carbocycles. The number of carbonyl (C=O) groups excluding carboxylic acids is 1. The molecule has 7 heteroatoms. The molecular weight excluding hydrogens is 330 g/mol. The Labute approximate surface area is 143 Å². The maximum atomic E-state index is 12.2. The number of hydrogen-bond donors (Lipinski definition) is 1. The van der Waals surface area contributed by atoms with E-state index >= 15 is 0 Å². The van der Waals surface area contributed by atoms with Gasteiger partial charge in [-0.1, -0.05) is 41.4 Å². The van der Waals surface area contributed by atoms with E-state index in [1.807, 2.05) is 19.1 Å². The van der Waals surface area contributed by atoms with Gasteiger partial charge in [-0.15, -0.1) is 0 Å². The predicted molar refractivity (Wildman–Crippen MR) is 91.5 cm³/mol. The molecule has 0 unspecified atom stereocenters. The molecule has 0 saturated heterocycles. The van der Waals surface area contributed by atoms with Gasteiger partial charge < -0.3 is 5.32 Å². The van der Waals surface area contributed by atoms with Gasteiger partial charge in [0.05, 0.1) is 4.92 Å². The van der Waals surface area contributed by atoms with Crippen molar-refractivity contribution < 1.29 is 9.72 Å².